The van der Waals surface area contributed by atoms with Crippen LogP contribution in [-0.4, -0.2) is 44.5 Å². The third-order valence-electron chi connectivity index (χ3n) is 6.91. The first-order valence-electron chi connectivity index (χ1n) is 10.2. The molecule has 0 amide bonds. The lowest BCUT2D eigenvalue weighted by Gasteiger charge is -2.49. The Morgan fingerprint density at radius 1 is 1.19 bits per heavy atom. The molecule has 0 aromatic rings. The zero-order valence-corrected chi connectivity index (χ0v) is 20.4. The summed E-state index contributed by atoms with van der Waals surface area (Å²) in [7, 11) is -5.58. The second-order valence-corrected chi connectivity index (χ2v) is 17.0. The van der Waals surface area contributed by atoms with Crippen LogP contribution in [0.4, 0.5) is 0 Å². The van der Waals surface area contributed by atoms with Crippen molar-refractivity contribution in [1.82, 2.24) is 4.31 Å². The van der Waals surface area contributed by atoms with E-state index in [4.69, 9.17) is 4.43 Å². The molecule has 2 unspecified atom stereocenters. The van der Waals surface area contributed by atoms with Gasteiger partial charge in [0, 0.05) is 17.5 Å². The van der Waals surface area contributed by atoms with E-state index in [0.717, 1.165) is 12.8 Å². The second kappa shape index (κ2) is 6.83. The van der Waals surface area contributed by atoms with Gasteiger partial charge in [0.2, 0.25) is 10.0 Å². The number of fused-ring (bicyclic) bond motifs is 2. The fraction of sp³-hybridized carbons (Fsp3) is 0.950. The fourth-order valence-corrected chi connectivity index (χ4v) is 10.1. The monoisotopic (exact) mass is 414 g/mol. The Hall–Kier alpha value is -0.423. The van der Waals surface area contributed by atoms with Gasteiger partial charge in [0.25, 0.3) is 0 Å². The Labute approximate surface area is 167 Å². The maximum atomic E-state index is 13.6. The van der Waals surface area contributed by atoms with Crippen LogP contribution in [0, 0.1) is 28.1 Å². The van der Waals surface area contributed by atoms with E-state index >= 15 is 0 Å². The first-order chi connectivity index (χ1) is 12.1. The van der Waals surface area contributed by atoms with Gasteiger partial charge in [0.05, 0.1) is 11.8 Å². The van der Waals surface area contributed by atoms with Gasteiger partial charge in [-0.3, -0.25) is 0 Å². The van der Waals surface area contributed by atoms with E-state index in [1.165, 1.54) is 0 Å². The summed E-state index contributed by atoms with van der Waals surface area (Å²) in [5.74, 6) is 0.327. The highest BCUT2D eigenvalue weighted by Crippen LogP contribution is 2.71. The molecule has 7 heteroatoms. The zero-order chi connectivity index (χ0) is 21.1. The smallest absolute Gasteiger partial charge is 0.215 e. The Morgan fingerprint density at radius 2 is 1.70 bits per heavy atom. The third-order valence-corrected chi connectivity index (χ3v) is 10.2. The third kappa shape index (κ3) is 3.52. The SMILES string of the molecule is CC(C)N(C(C)C)S(=O)(=O)CC12CCC(C[C@]1(C#N)O[Si](C)(C)C)C2(C)C. The normalized spacial score (nSPS) is 33.2. The van der Waals surface area contributed by atoms with Crippen molar-refractivity contribution in [1.29, 1.82) is 5.26 Å². The first kappa shape index (κ1) is 22.9. The summed E-state index contributed by atoms with van der Waals surface area (Å²) in [5.41, 5.74) is -1.91. The van der Waals surface area contributed by atoms with Crippen LogP contribution in [0.25, 0.3) is 0 Å². The molecule has 27 heavy (non-hydrogen) atoms. The molecule has 0 aliphatic heterocycles. The van der Waals surface area contributed by atoms with Crippen molar-refractivity contribution in [3.63, 3.8) is 0 Å². The lowest BCUT2D eigenvalue weighted by atomic mass is 9.64. The molecular formula is C20H38N2O3SSi. The number of rotatable bonds is 7. The van der Waals surface area contributed by atoms with Gasteiger partial charge in [-0.2, -0.15) is 9.57 Å². The number of hydrogen-bond acceptors (Lipinski definition) is 4. The van der Waals surface area contributed by atoms with Crippen LogP contribution < -0.4 is 0 Å². The molecule has 0 aromatic carbocycles. The largest absolute Gasteiger partial charge is 0.399 e. The summed E-state index contributed by atoms with van der Waals surface area (Å²) in [6.45, 7) is 18.2. The molecular weight excluding hydrogens is 376 g/mol. The second-order valence-electron chi connectivity index (χ2n) is 10.7. The molecule has 2 aliphatic rings. The minimum atomic E-state index is -3.54. The summed E-state index contributed by atoms with van der Waals surface area (Å²) < 4.78 is 35.3. The molecule has 2 aliphatic carbocycles. The van der Waals surface area contributed by atoms with E-state index in [1.807, 2.05) is 27.7 Å². The maximum absolute atomic E-state index is 13.6. The van der Waals surface area contributed by atoms with Crippen molar-refractivity contribution < 1.29 is 12.8 Å². The van der Waals surface area contributed by atoms with Crippen molar-refractivity contribution in [2.75, 3.05) is 5.75 Å². The Kier molecular flexibility index (Phi) is 5.78. The Bertz CT molecular complexity index is 712. The number of hydrogen-bond donors (Lipinski definition) is 0. The molecule has 0 saturated heterocycles. The molecule has 0 radical (unpaired) electrons. The molecule has 3 atom stereocenters. The van der Waals surface area contributed by atoms with Gasteiger partial charge in [-0.25, -0.2) is 8.42 Å². The average Bonchev–Trinajstić information content (AvgIpc) is 2.76. The quantitative estimate of drug-likeness (QED) is 0.580. The van der Waals surface area contributed by atoms with E-state index in [0.29, 0.717) is 12.3 Å². The van der Waals surface area contributed by atoms with E-state index in [2.05, 4.69) is 39.6 Å². The van der Waals surface area contributed by atoms with E-state index < -0.39 is 29.4 Å². The molecule has 156 valence electrons. The Balaban J connectivity index is 2.60. The lowest BCUT2D eigenvalue weighted by Crippen LogP contribution is -2.59. The van der Waals surface area contributed by atoms with Gasteiger partial charge < -0.3 is 4.43 Å². The van der Waals surface area contributed by atoms with E-state index in [9.17, 15) is 13.7 Å². The Morgan fingerprint density at radius 3 is 2.07 bits per heavy atom. The van der Waals surface area contributed by atoms with E-state index in [-0.39, 0.29) is 23.3 Å². The lowest BCUT2D eigenvalue weighted by molar-refractivity contribution is -0.0289. The number of sulfonamides is 1. The molecule has 2 rings (SSSR count). The average molecular weight is 415 g/mol. The van der Waals surface area contributed by atoms with Gasteiger partial charge >= 0.3 is 0 Å². The van der Waals surface area contributed by atoms with Crippen LogP contribution in [0.5, 0.6) is 0 Å². The number of nitriles is 1. The number of nitrogens with zero attached hydrogens (tertiary/aromatic N) is 2. The van der Waals surface area contributed by atoms with E-state index in [1.54, 1.807) is 4.31 Å². The van der Waals surface area contributed by atoms with Crippen LogP contribution in [-0.2, 0) is 14.4 Å². The summed E-state index contributed by atoms with van der Waals surface area (Å²) in [5, 5.41) is 10.3. The van der Waals surface area contributed by atoms with Gasteiger partial charge in [0.1, 0.15) is 0 Å². The summed E-state index contributed by atoms with van der Waals surface area (Å²) in [6.07, 6.45) is 2.37. The molecule has 0 spiro atoms. The van der Waals surface area contributed by atoms with Crippen molar-refractivity contribution >= 4 is 18.3 Å². The molecule has 2 bridgehead atoms. The molecule has 0 N–H and O–H groups in total. The van der Waals surface area contributed by atoms with Crippen molar-refractivity contribution in [3.8, 4) is 6.07 Å². The van der Waals surface area contributed by atoms with Crippen LogP contribution in [0.15, 0.2) is 0 Å². The topological polar surface area (TPSA) is 70.4 Å². The minimum absolute atomic E-state index is 0.00208. The highest BCUT2D eigenvalue weighted by Gasteiger charge is 2.74. The van der Waals surface area contributed by atoms with Crippen molar-refractivity contribution in [2.45, 2.75) is 98.1 Å². The summed E-state index contributed by atoms with van der Waals surface area (Å²) in [6, 6.07) is 2.29. The fourth-order valence-electron chi connectivity index (χ4n) is 5.95. The van der Waals surface area contributed by atoms with Crippen LogP contribution in [0.1, 0.15) is 60.8 Å². The predicted molar refractivity (Wildman–Crippen MR) is 112 cm³/mol. The summed E-state index contributed by atoms with van der Waals surface area (Å²) >= 11 is 0. The molecule has 0 heterocycles. The first-order valence-corrected chi connectivity index (χ1v) is 15.2. The zero-order valence-electron chi connectivity index (χ0n) is 18.6. The van der Waals surface area contributed by atoms with Crippen LogP contribution in [0.2, 0.25) is 19.6 Å². The van der Waals surface area contributed by atoms with Gasteiger partial charge in [-0.15, -0.1) is 0 Å². The van der Waals surface area contributed by atoms with Crippen molar-refractivity contribution in [3.05, 3.63) is 0 Å². The highest BCUT2D eigenvalue weighted by molar-refractivity contribution is 7.89. The van der Waals surface area contributed by atoms with Crippen molar-refractivity contribution in [2.24, 2.45) is 16.7 Å². The highest BCUT2D eigenvalue weighted by atomic mass is 32.2. The maximum Gasteiger partial charge on any atom is 0.215 e. The van der Waals surface area contributed by atoms with Crippen LogP contribution in [0.3, 0.4) is 0 Å². The molecule has 0 aromatic heterocycles. The minimum Gasteiger partial charge on any atom is -0.399 e. The van der Waals surface area contributed by atoms with Gasteiger partial charge in [0.15, 0.2) is 13.9 Å². The van der Waals surface area contributed by atoms with Crippen LogP contribution >= 0.6 is 0 Å². The molecule has 2 fully saturated rings. The van der Waals surface area contributed by atoms with Gasteiger partial charge in [-0.1, -0.05) is 13.8 Å². The standard InChI is InChI=1S/C20H38N2O3SSi/c1-15(2)22(16(3)4)26(23,24)14-19-11-10-17(18(19,5)6)12-20(19,13-21)25-27(7,8)9/h15-17H,10-12,14H2,1-9H3/t17?,19?,20-/m1/s1. The molecule has 2 saturated carbocycles. The summed E-state index contributed by atoms with van der Waals surface area (Å²) in [4.78, 5) is 0. The predicted octanol–water partition coefficient (Wildman–Crippen LogP) is 4.38. The van der Waals surface area contributed by atoms with Gasteiger partial charge in [-0.05, 0) is 77.9 Å². The molecule has 5 nitrogen and oxygen atoms in total.